The highest BCUT2D eigenvalue weighted by Gasteiger charge is 2.25. The minimum Gasteiger partial charge on any atom is -0.496 e. The summed E-state index contributed by atoms with van der Waals surface area (Å²) in [5, 5.41) is 4.75. The van der Waals surface area contributed by atoms with Gasteiger partial charge in [0.2, 0.25) is 0 Å². The fraction of sp³-hybridized carbons (Fsp3) is 0.105. The summed E-state index contributed by atoms with van der Waals surface area (Å²) >= 11 is 8.28. The maximum atomic E-state index is 13.4. The van der Waals surface area contributed by atoms with Crippen LogP contribution in [0.25, 0.3) is 6.08 Å². The van der Waals surface area contributed by atoms with Gasteiger partial charge < -0.3 is 4.74 Å². The number of methoxy groups -OCH3 is 1. The zero-order valence-corrected chi connectivity index (χ0v) is 16.5. The maximum absolute atomic E-state index is 13.4. The average Bonchev–Trinajstić information content (AvgIpc) is 2.60. The number of thiocarbonyl (C=S) groups is 1. The van der Waals surface area contributed by atoms with Crippen molar-refractivity contribution in [1.82, 2.24) is 10.6 Å². The summed E-state index contributed by atoms with van der Waals surface area (Å²) in [7, 11) is 1.52. The standard InChI is InChI=1S/C19H14BrFN2O3S/c1-26-16-9-11(7-14-17(24)22-19(27)23-18(14)25)8-15(20)13(16)6-10-3-2-4-12(21)5-10/h2-5,7-9H,6H2,1H3,(H2,22,23,24,25,27). The second kappa shape index (κ2) is 7.98. The fourth-order valence-corrected chi connectivity index (χ4v) is 3.48. The van der Waals surface area contributed by atoms with Crippen molar-refractivity contribution in [2.75, 3.05) is 7.11 Å². The zero-order chi connectivity index (χ0) is 19.6. The van der Waals surface area contributed by atoms with Crippen LogP contribution in [0.2, 0.25) is 0 Å². The molecule has 0 radical (unpaired) electrons. The monoisotopic (exact) mass is 448 g/mol. The number of benzene rings is 2. The van der Waals surface area contributed by atoms with Gasteiger partial charge in [-0.15, -0.1) is 0 Å². The molecule has 2 aromatic carbocycles. The largest absolute Gasteiger partial charge is 0.496 e. The van der Waals surface area contributed by atoms with Crippen molar-refractivity contribution in [3.05, 3.63) is 69.0 Å². The summed E-state index contributed by atoms with van der Waals surface area (Å²) in [6.07, 6.45) is 1.90. The summed E-state index contributed by atoms with van der Waals surface area (Å²) in [6, 6.07) is 9.79. The van der Waals surface area contributed by atoms with E-state index in [-0.39, 0.29) is 16.5 Å². The van der Waals surface area contributed by atoms with Crippen LogP contribution < -0.4 is 15.4 Å². The van der Waals surface area contributed by atoms with Crippen LogP contribution in [0.15, 0.2) is 46.4 Å². The van der Waals surface area contributed by atoms with Crippen molar-refractivity contribution >= 4 is 51.2 Å². The highest BCUT2D eigenvalue weighted by atomic mass is 79.9. The Hall–Kier alpha value is -2.58. The molecule has 2 aromatic rings. The fourth-order valence-electron chi connectivity index (χ4n) is 2.69. The predicted molar refractivity (Wildman–Crippen MR) is 107 cm³/mol. The number of hydrogen-bond donors (Lipinski definition) is 2. The van der Waals surface area contributed by atoms with Crippen LogP contribution >= 0.6 is 28.1 Å². The van der Waals surface area contributed by atoms with Crippen molar-refractivity contribution in [1.29, 1.82) is 0 Å². The van der Waals surface area contributed by atoms with Crippen molar-refractivity contribution in [3.63, 3.8) is 0 Å². The highest BCUT2D eigenvalue weighted by molar-refractivity contribution is 9.10. The Balaban J connectivity index is 1.97. The van der Waals surface area contributed by atoms with Crippen LogP contribution in [-0.4, -0.2) is 24.0 Å². The molecule has 1 heterocycles. The SMILES string of the molecule is COc1cc(C=C2C(=O)NC(=S)NC2=O)cc(Br)c1Cc1cccc(F)c1. The normalized spacial score (nSPS) is 13.9. The van der Waals surface area contributed by atoms with Gasteiger partial charge in [-0.25, -0.2) is 4.39 Å². The lowest BCUT2D eigenvalue weighted by Crippen LogP contribution is -2.51. The maximum Gasteiger partial charge on any atom is 0.263 e. The van der Waals surface area contributed by atoms with Crippen molar-refractivity contribution in [2.24, 2.45) is 0 Å². The van der Waals surface area contributed by atoms with E-state index in [4.69, 9.17) is 17.0 Å². The van der Waals surface area contributed by atoms with E-state index in [0.29, 0.717) is 22.2 Å². The lowest BCUT2D eigenvalue weighted by atomic mass is 10.0. The Morgan fingerprint density at radius 2 is 1.89 bits per heavy atom. The van der Waals surface area contributed by atoms with E-state index < -0.39 is 11.8 Å². The van der Waals surface area contributed by atoms with Gasteiger partial charge in [-0.3, -0.25) is 20.2 Å². The van der Waals surface area contributed by atoms with Gasteiger partial charge in [0.1, 0.15) is 17.1 Å². The number of ether oxygens (including phenoxy) is 1. The molecule has 0 atom stereocenters. The van der Waals surface area contributed by atoms with Gasteiger partial charge >= 0.3 is 0 Å². The van der Waals surface area contributed by atoms with E-state index in [1.807, 2.05) is 6.07 Å². The zero-order valence-electron chi connectivity index (χ0n) is 14.1. The third-order valence-corrected chi connectivity index (χ3v) is 4.83. The first-order chi connectivity index (χ1) is 12.9. The van der Waals surface area contributed by atoms with Crippen molar-refractivity contribution in [2.45, 2.75) is 6.42 Å². The van der Waals surface area contributed by atoms with E-state index in [1.54, 1.807) is 18.2 Å². The number of carbonyl (C=O) groups excluding carboxylic acids is 2. The van der Waals surface area contributed by atoms with Crippen LogP contribution in [0.4, 0.5) is 4.39 Å². The molecule has 1 aliphatic heterocycles. The predicted octanol–water partition coefficient (Wildman–Crippen LogP) is 3.10. The molecule has 0 aromatic heterocycles. The average molecular weight is 449 g/mol. The minimum absolute atomic E-state index is 0.0219. The van der Waals surface area contributed by atoms with Crippen molar-refractivity contribution in [3.8, 4) is 5.75 Å². The van der Waals surface area contributed by atoms with Gasteiger partial charge in [0, 0.05) is 16.5 Å². The van der Waals surface area contributed by atoms with E-state index in [1.165, 1.54) is 25.3 Å². The molecular weight excluding hydrogens is 435 g/mol. The molecule has 1 aliphatic rings. The molecule has 1 fully saturated rings. The van der Waals surface area contributed by atoms with Crippen LogP contribution in [-0.2, 0) is 16.0 Å². The molecule has 1 saturated heterocycles. The van der Waals surface area contributed by atoms with E-state index in [0.717, 1.165) is 11.1 Å². The summed E-state index contributed by atoms with van der Waals surface area (Å²) in [4.78, 5) is 24.0. The molecule has 0 bridgehead atoms. The van der Waals surface area contributed by atoms with Crippen molar-refractivity contribution < 1.29 is 18.7 Å². The van der Waals surface area contributed by atoms with E-state index in [9.17, 15) is 14.0 Å². The Labute approximate surface area is 168 Å². The first-order valence-corrected chi connectivity index (χ1v) is 9.06. The lowest BCUT2D eigenvalue weighted by Gasteiger charge is -2.17. The van der Waals surface area contributed by atoms with Crippen LogP contribution in [0, 0.1) is 5.82 Å². The van der Waals surface area contributed by atoms with Crippen LogP contribution in [0.1, 0.15) is 16.7 Å². The Morgan fingerprint density at radius 3 is 2.52 bits per heavy atom. The molecule has 27 heavy (non-hydrogen) atoms. The number of nitrogens with one attached hydrogen (secondary N) is 2. The quantitative estimate of drug-likeness (QED) is 0.428. The summed E-state index contributed by atoms with van der Waals surface area (Å²) in [6.45, 7) is 0. The van der Waals surface area contributed by atoms with Gasteiger partial charge in [0.15, 0.2) is 5.11 Å². The van der Waals surface area contributed by atoms with E-state index >= 15 is 0 Å². The first kappa shape index (κ1) is 19.2. The Morgan fingerprint density at radius 1 is 1.19 bits per heavy atom. The molecule has 8 heteroatoms. The number of hydrogen-bond acceptors (Lipinski definition) is 4. The Kier molecular flexibility index (Phi) is 5.67. The number of carbonyl (C=O) groups is 2. The van der Waals surface area contributed by atoms with Crippen LogP contribution in [0.3, 0.4) is 0 Å². The Bertz CT molecular complexity index is 969. The molecular formula is C19H14BrFN2O3S. The minimum atomic E-state index is -0.567. The molecule has 0 unspecified atom stereocenters. The third-order valence-electron chi connectivity index (χ3n) is 3.92. The van der Waals surface area contributed by atoms with Gasteiger partial charge in [-0.05, 0) is 53.7 Å². The highest BCUT2D eigenvalue weighted by Crippen LogP contribution is 2.32. The lowest BCUT2D eigenvalue weighted by molar-refractivity contribution is -0.123. The molecule has 5 nitrogen and oxygen atoms in total. The summed E-state index contributed by atoms with van der Waals surface area (Å²) in [5.41, 5.74) is 2.15. The first-order valence-electron chi connectivity index (χ1n) is 7.86. The van der Waals surface area contributed by atoms with Crippen LogP contribution in [0.5, 0.6) is 5.75 Å². The second-order valence-electron chi connectivity index (χ2n) is 5.79. The molecule has 0 saturated carbocycles. The smallest absolute Gasteiger partial charge is 0.263 e. The van der Waals surface area contributed by atoms with Gasteiger partial charge in [-0.1, -0.05) is 28.1 Å². The summed E-state index contributed by atoms with van der Waals surface area (Å²) in [5.74, 6) is -0.894. The molecule has 2 amide bonds. The topological polar surface area (TPSA) is 67.4 Å². The third kappa shape index (κ3) is 4.40. The number of halogens is 2. The molecule has 0 spiro atoms. The van der Waals surface area contributed by atoms with Gasteiger partial charge in [-0.2, -0.15) is 0 Å². The van der Waals surface area contributed by atoms with Gasteiger partial charge in [0.25, 0.3) is 11.8 Å². The van der Waals surface area contributed by atoms with E-state index in [2.05, 4.69) is 26.6 Å². The molecule has 3 rings (SSSR count). The molecule has 2 N–H and O–H groups in total. The second-order valence-corrected chi connectivity index (χ2v) is 7.05. The molecule has 138 valence electrons. The molecule has 0 aliphatic carbocycles. The number of rotatable bonds is 4. The van der Waals surface area contributed by atoms with Gasteiger partial charge in [0.05, 0.1) is 7.11 Å². The summed E-state index contributed by atoms with van der Waals surface area (Å²) < 4.78 is 19.6. The number of amides is 2.